The van der Waals surface area contributed by atoms with E-state index < -0.39 is 5.43 Å². The molecule has 88 valence electrons. The quantitative estimate of drug-likeness (QED) is 0.882. The van der Waals surface area contributed by atoms with Crippen molar-refractivity contribution in [3.8, 4) is 5.75 Å². The number of thioether (sulfide) groups is 1. The monoisotopic (exact) mass is 312 g/mol. The third-order valence-corrected chi connectivity index (χ3v) is 4.12. The molecular weight excluding hydrogens is 304 g/mol. The lowest BCUT2D eigenvalue weighted by Gasteiger charge is -2.03. The molecule has 0 amide bonds. The smallest absolute Gasteiger partial charge is 0.226 e. The van der Waals surface area contributed by atoms with Crippen LogP contribution in [-0.2, 0) is 5.75 Å². The minimum Gasteiger partial charge on any atom is -0.502 e. The van der Waals surface area contributed by atoms with Crippen LogP contribution in [0.2, 0.25) is 0 Å². The second-order valence-corrected chi connectivity index (χ2v) is 5.19. The van der Waals surface area contributed by atoms with Gasteiger partial charge in [0.15, 0.2) is 5.75 Å². The van der Waals surface area contributed by atoms with Crippen LogP contribution in [0.25, 0.3) is 0 Å². The molecule has 0 spiro atoms. The van der Waals surface area contributed by atoms with Crippen molar-refractivity contribution in [3.63, 3.8) is 0 Å². The first-order valence-electron chi connectivity index (χ1n) is 4.85. The van der Waals surface area contributed by atoms with Crippen LogP contribution in [0.15, 0.2) is 55.2 Å². The Morgan fingerprint density at radius 2 is 2.12 bits per heavy atom. The summed E-state index contributed by atoms with van der Waals surface area (Å²) in [6.45, 7) is 0. The zero-order chi connectivity index (χ0) is 12.3. The molecule has 0 aliphatic rings. The number of hydrogen-bond donors (Lipinski definition) is 1. The average molecular weight is 313 g/mol. The molecule has 0 aliphatic carbocycles. The highest BCUT2D eigenvalue weighted by Gasteiger charge is 2.04. The molecule has 0 radical (unpaired) electrons. The van der Waals surface area contributed by atoms with Crippen molar-refractivity contribution in [2.75, 3.05) is 0 Å². The summed E-state index contributed by atoms with van der Waals surface area (Å²) in [5.74, 6) is 0.714. The Bertz CT molecular complexity index is 580. The molecule has 2 aromatic rings. The maximum atomic E-state index is 11.2. The fourth-order valence-corrected chi connectivity index (χ4v) is 2.69. The predicted molar refractivity (Wildman–Crippen MR) is 70.3 cm³/mol. The van der Waals surface area contributed by atoms with Gasteiger partial charge in [-0.1, -0.05) is 12.1 Å². The number of aromatic hydroxyl groups is 1. The van der Waals surface area contributed by atoms with Gasteiger partial charge >= 0.3 is 0 Å². The fraction of sp³-hybridized carbons (Fsp3) is 0.0833. The molecule has 1 aromatic carbocycles. The van der Waals surface area contributed by atoms with Crippen molar-refractivity contribution in [2.45, 2.75) is 10.6 Å². The molecule has 0 atom stereocenters. The van der Waals surface area contributed by atoms with E-state index in [1.807, 2.05) is 24.3 Å². The molecule has 17 heavy (non-hydrogen) atoms. The number of halogens is 1. The first kappa shape index (κ1) is 12.3. The highest BCUT2D eigenvalue weighted by molar-refractivity contribution is 9.10. The van der Waals surface area contributed by atoms with E-state index in [0.29, 0.717) is 11.5 Å². The molecule has 0 bridgehead atoms. The first-order valence-corrected chi connectivity index (χ1v) is 6.62. The Morgan fingerprint density at radius 1 is 1.35 bits per heavy atom. The van der Waals surface area contributed by atoms with E-state index in [-0.39, 0.29) is 5.75 Å². The summed E-state index contributed by atoms with van der Waals surface area (Å²) in [5, 5.41) is 9.05. The fourth-order valence-electron chi connectivity index (χ4n) is 1.23. The van der Waals surface area contributed by atoms with Gasteiger partial charge < -0.3 is 9.52 Å². The van der Waals surface area contributed by atoms with Gasteiger partial charge in [-0.05, 0) is 28.1 Å². The third kappa shape index (κ3) is 3.14. The number of benzene rings is 1. The second kappa shape index (κ2) is 5.42. The van der Waals surface area contributed by atoms with E-state index in [1.165, 1.54) is 6.07 Å². The molecule has 5 heteroatoms. The SMILES string of the molecule is O=c1cc(CSc2ccccc2Br)occ1O. The Morgan fingerprint density at radius 3 is 2.82 bits per heavy atom. The summed E-state index contributed by atoms with van der Waals surface area (Å²) in [6.07, 6.45) is 1.07. The molecule has 1 aromatic heterocycles. The summed E-state index contributed by atoms with van der Waals surface area (Å²) in [4.78, 5) is 12.3. The molecule has 0 unspecified atom stereocenters. The molecule has 3 nitrogen and oxygen atoms in total. The van der Waals surface area contributed by atoms with Gasteiger partial charge in [0.05, 0.1) is 5.75 Å². The van der Waals surface area contributed by atoms with Crippen molar-refractivity contribution in [3.05, 3.63) is 57.1 Å². The van der Waals surface area contributed by atoms with Gasteiger partial charge in [-0.15, -0.1) is 11.8 Å². The molecule has 0 aliphatic heterocycles. The highest BCUT2D eigenvalue weighted by atomic mass is 79.9. The van der Waals surface area contributed by atoms with Gasteiger partial charge in [-0.3, -0.25) is 4.79 Å². The van der Waals surface area contributed by atoms with E-state index in [1.54, 1.807) is 11.8 Å². The van der Waals surface area contributed by atoms with Crippen LogP contribution in [0, 0.1) is 0 Å². The van der Waals surface area contributed by atoms with Gasteiger partial charge in [0, 0.05) is 15.4 Å². The lowest BCUT2D eigenvalue weighted by atomic mass is 10.4. The van der Waals surface area contributed by atoms with Crippen LogP contribution >= 0.6 is 27.7 Å². The predicted octanol–water partition coefficient (Wildman–Crippen LogP) is 3.40. The Labute approximate surface area is 111 Å². The highest BCUT2D eigenvalue weighted by Crippen LogP contribution is 2.29. The summed E-state index contributed by atoms with van der Waals surface area (Å²) in [6, 6.07) is 9.12. The Balaban J connectivity index is 2.10. The van der Waals surface area contributed by atoms with E-state index in [4.69, 9.17) is 9.52 Å². The lowest BCUT2D eigenvalue weighted by Crippen LogP contribution is -1.99. The average Bonchev–Trinajstić information content (AvgIpc) is 2.32. The van der Waals surface area contributed by atoms with Gasteiger partial charge in [0.1, 0.15) is 12.0 Å². The maximum Gasteiger partial charge on any atom is 0.226 e. The van der Waals surface area contributed by atoms with Crippen LogP contribution in [0.3, 0.4) is 0 Å². The van der Waals surface area contributed by atoms with Gasteiger partial charge in [-0.2, -0.15) is 0 Å². The van der Waals surface area contributed by atoms with E-state index in [0.717, 1.165) is 15.6 Å². The minimum atomic E-state index is -0.418. The molecular formula is C12H9BrO3S. The largest absolute Gasteiger partial charge is 0.502 e. The van der Waals surface area contributed by atoms with Gasteiger partial charge in [0.25, 0.3) is 0 Å². The van der Waals surface area contributed by atoms with Gasteiger partial charge in [0.2, 0.25) is 5.43 Å². The number of hydrogen-bond acceptors (Lipinski definition) is 4. The van der Waals surface area contributed by atoms with Crippen molar-refractivity contribution in [1.82, 2.24) is 0 Å². The van der Waals surface area contributed by atoms with Crippen LogP contribution in [0.4, 0.5) is 0 Å². The van der Waals surface area contributed by atoms with Gasteiger partial charge in [-0.25, -0.2) is 0 Å². The van der Waals surface area contributed by atoms with Crippen LogP contribution in [-0.4, -0.2) is 5.11 Å². The third-order valence-electron chi connectivity index (χ3n) is 2.07. The zero-order valence-electron chi connectivity index (χ0n) is 8.72. The summed E-state index contributed by atoms with van der Waals surface area (Å²) in [7, 11) is 0. The first-order chi connectivity index (χ1) is 8.16. The van der Waals surface area contributed by atoms with Crippen molar-refractivity contribution in [1.29, 1.82) is 0 Å². The van der Waals surface area contributed by atoms with Crippen LogP contribution in [0.5, 0.6) is 5.75 Å². The van der Waals surface area contributed by atoms with Crippen molar-refractivity contribution in [2.24, 2.45) is 0 Å². The summed E-state index contributed by atoms with van der Waals surface area (Å²) >= 11 is 5.00. The standard InChI is InChI=1S/C12H9BrO3S/c13-9-3-1-2-4-12(9)17-7-8-5-10(14)11(15)6-16-8/h1-6,15H,7H2. The normalized spacial score (nSPS) is 10.4. The molecule has 2 rings (SSSR count). The van der Waals surface area contributed by atoms with E-state index >= 15 is 0 Å². The summed E-state index contributed by atoms with van der Waals surface area (Å²) in [5.41, 5.74) is -0.418. The molecule has 0 saturated carbocycles. The number of rotatable bonds is 3. The molecule has 1 heterocycles. The maximum absolute atomic E-state index is 11.2. The van der Waals surface area contributed by atoms with E-state index in [9.17, 15) is 4.79 Å². The minimum absolute atomic E-state index is 0.361. The molecule has 1 N–H and O–H groups in total. The van der Waals surface area contributed by atoms with Crippen molar-refractivity contribution >= 4 is 27.7 Å². The molecule has 0 fully saturated rings. The van der Waals surface area contributed by atoms with Crippen molar-refractivity contribution < 1.29 is 9.52 Å². The molecule has 0 saturated heterocycles. The topological polar surface area (TPSA) is 50.4 Å². The Hall–Kier alpha value is -1.20. The van der Waals surface area contributed by atoms with Crippen LogP contribution < -0.4 is 5.43 Å². The lowest BCUT2D eigenvalue weighted by molar-refractivity contribution is 0.419. The Kier molecular flexibility index (Phi) is 3.91. The zero-order valence-corrected chi connectivity index (χ0v) is 11.1. The van der Waals surface area contributed by atoms with Crippen LogP contribution in [0.1, 0.15) is 5.76 Å². The second-order valence-electron chi connectivity index (χ2n) is 3.31. The van der Waals surface area contributed by atoms with E-state index in [2.05, 4.69) is 15.9 Å². The summed E-state index contributed by atoms with van der Waals surface area (Å²) < 4.78 is 6.12.